The molecule has 0 aromatic heterocycles. The second-order valence-corrected chi connectivity index (χ2v) is 6.38. The van der Waals surface area contributed by atoms with E-state index in [4.69, 9.17) is 18.0 Å². The summed E-state index contributed by atoms with van der Waals surface area (Å²) in [6.07, 6.45) is 3.28. The molecule has 2 rings (SSSR count). The van der Waals surface area contributed by atoms with E-state index in [9.17, 15) is 0 Å². The number of thiocarbonyl (C=S) groups is 1. The van der Waals surface area contributed by atoms with E-state index in [2.05, 4.69) is 54.2 Å². The molecule has 20 heavy (non-hydrogen) atoms. The lowest BCUT2D eigenvalue weighted by atomic mass is 9.97. The van der Waals surface area contributed by atoms with Crippen LogP contribution in [-0.4, -0.2) is 48.0 Å². The summed E-state index contributed by atoms with van der Waals surface area (Å²) in [5, 5.41) is 0. The van der Waals surface area contributed by atoms with Crippen molar-refractivity contribution in [3.8, 4) is 0 Å². The molecule has 0 aliphatic carbocycles. The van der Waals surface area contributed by atoms with Gasteiger partial charge >= 0.3 is 0 Å². The minimum atomic E-state index is 0.316. The van der Waals surface area contributed by atoms with Crippen LogP contribution in [-0.2, 0) is 0 Å². The maximum atomic E-state index is 5.83. The Morgan fingerprint density at radius 1 is 1.40 bits per heavy atom. The highest BCUT2D eigenvalue weighted by molar-refractivity contribution is 7.80. The van der Waals surface area contributed by atoms with Crippen LogP contribution in [0.2, 0.25) is 0 Å². The van der Waals surface area contributed by atoms with Gasteiger partial charge in [0, 0.05) is 25.0 Å². The number of likely N-dealkylation sites (N-methyl/N-ethyl adjacent to an activating group) is 1. The molecule has 0 radical (unpaired) electrons. The van der Waals surface area contributed by atoms with Crippen LogP contribution in [0.3, 0.4) is 0 Å². The van der Waals surface area contributed by atoms with Gasteiger partial charge in [-0.05, 0) is 39.0 Å². The zero-order valence-corrected chi connectivity index (χ0v) is 13.3. The highest BCUT2D eigenvalue weighted by Gasteiger charge is 2.28. The third-order valence-corrected chi connectivity index (χ3v) is 4.34. The number of piperidine rings is 1. The molecule has 1 aromatic rings. The van der Waals surface area contributed by atoms with E-state index >= 15 is 0 Å². The lowest BCUT2D eigenvalue weighted by molar-refractivity contribution is 0.0981. The number of nitrogens with two attached hydrogens (primary N) is 1. The summed E-state index contributed by atoms with van der Waals surface area (Å²) in [6, 6.07) is 11.5. The predicted molar refractivity (Wildman–Crippen MR) is 88.9 cm³/mol. The van der Waals surface area contributed by atoms with Gasteiger partial charge in [0.1, 0.15) is 0 Å². The average molecular weight is 291 g/mol. The van der Waals surface area contributed by atoms with E-state index in [1.165, 1.54) is 18.4 Å². The molecule has 4 heteroatoms. The van der Waals surface area contributed by atoms with Gasteiger partial charge in [-0.2, -0.15) is 0 Å². The second kappa shape index (κ2) is 7.16. The van der Waals surface area contributed by atoms with Crippen LogP contribution >= 0.6 is 12.2 Å². The van der Waals surface area contributed by atoms with Crippen LogP contribution in [0.5, 0.6) is 0 Å². The van der Waals surface area contributed by atoms with E-state index in [1.807, 2.05) is 0 Å². The number of rotatable bonds is 5. The van der Waals surface area contributed by atoms with Crippen molar-refractivity contribution < 1.29 is 0 Å². The summed E-state index contributed by atoms with van der Waals surface area (Å²) in [5.74, 6) is 0. The van der Waals surface area contributed by atoms with Crippen LogP contribution in [0.4, 0.5) is 0 Å². The molecule has 0 saturated carbocycles. The van der Waals surface area contributed by atoms with Gasteiger partial charge in [0.25, 0.3) is 0 Å². The molecule has 0 spiro atoms. The predicted octanol–water partition coefficient (Wildman–Crippen LogP) is 2.43. The second-order valence-electron chi connectivity index (χ2n) is 5.85. The Labute approximate surface area is 127 Å². The van der Waals surface area contributed by atoms with E-state index in [0.29, 0.717) is 17.1 Å². The first kappa shape index (κ1) is 15.4. The molecular formula is C16H25N3S. The summed E-state index contributed by atoms with van der Waals surface area (Å²) in [6.45, 7) is 2.22. The molecule has 2 atom stereocenters. The van der Waals surface area contributed by atoms with E-state index in [-0.39, 0.29) is 0 Å². The van der Waals surface area contributed by atoms with Crippen molar-refractivity contribution in [2.24, 2.45) is 5.73 Å². The molecule has 3 nitrogen and oxygen atoms in total. The van der Waals surface area contributed by atoms with Crippen molar-refractivity contribution in [2.45, 2.75) is 31.3 Å². The smallest absolute Gasteiger partial charge is 0.0746 e. The van der Waals surface area contributed by atoms with Crippen molar-refractivity contribution in [1.29, 1.82) is 0 Å². The first-order valence-electron chi connectivity index (χ1n) is 7.31. The molecule has 0 amide bonds. The summed E-state index contributed by atoms with van der Waals surface area (Å²) >= 11 is 5.16. The van der Waals surface area contributed by atoms with Crippen molar-refractivity contribution in [1.82, 2.24) is 9.80 Å². The Hall–Kier alpha value is -0.970. The van der Waals surface area contributed by atoms with Crippen LogP contribution in [0.25, 0.3) is 0 Å². The van der Waals surface area contributed by atoms with Gasteiger partial charge in [0.2, 0.25) is 0 Å². The largest absolute Gasteiger partial charge is 0.393 e. The lowest BCUT2D eigenvalue weighted by Crippen LogP contribution is -2.47. The fourth-order valence-electron chi connectivity index (χ4n) is 3.01. The maximum absolute atomic E-state index is 5.83. The van der Waals surface area contributed by atoms with E-state index in [1.54, 1.807) is 0 Å². The highest BCUT2D eigenvalue weighted by atomic mass is 32.1. The molecule has 110 valence electrons. The molecule has 1 fully saturated rings. The Morgan fingerprint density at radius 2 is 2.10 bits per heavy atom. The first-order valence-corrected chi connectivity index (χ1v) is 7.72. The van der Waals surface area contributed by atoms with E-state index < -0.39 is 0 Å². The van der Waals surface area contributed by atoms with Gasteiger partial charge < -0.3 is 10.6 Å². The van der Waals surface area contributed by atoms with Crippen molar-refractivity contribution in [3.63, 3.8) is 0 Å². The normalized spacial score (nSPS) is 21.9. The van der Waals surface area contributed by atoms with E-state index in [0.717, 1.165) is 19.5 Å². The summed E-state index contributed by atoms with van der Waals surface area (Å²) in [5.41, 5.74) is 7.15. The number of likely N-dealkylation sites (tertiary alicyclic amines) is 1. The third-order valence-electron chi connectivity index (χ3n) is 4.18. The molecule has 2 N–H and O–H groups in total. The molecule has 1 heterocycles. The Kier molecular flexibility index (Phi) is 5.52. The fraction of sp³-hybridized carbons (Fsp3) is 0.562. The van der Waals surface area contributed by atoms with Gasteiger partial charge in [-0.1, -0.05) is 42.5 Å². The molecule has 1 aromatic carbocycles. The van der Waals surface area contributed by atoms with Crippen molar-refractivity contribution in [3.05, 3.63) is 35.9 Å². The quantitative estimate of drug-likeness (QED) is 0.845. The fourth-order valence-corrected chi connectivity index (χ4v) is 3.17. The van der Waals surface area contributed by atoms with Crippen molar-refractivity contribution in [2.75, 3.05) is 27.2 Å². The van der Waals surface area contributed by atoms with Gasteiger partial charge in [0.15, 0.2) is 0 Å². The molecule has 0 bridgehead atoms. The average Bonchev–Trinajstić information content (AvgIpc) is 2.45. The topological polar surface area (TPSA) is 32.5 Å². The highest BCUT2D eigenvalue weighted by Crippen LogP contribution is 2.28. The monoisotopic (exact) mass is 291 g/mol. The molecule has 1 saturated heterocycles. The van der Waals surface area contributed by atoms with Crippen LogP contribution in [0.15, 0.2) is 30.3 Å². The van der Waals surface area contributed by atoms with Crippen LogP contribution in [0.1, 0.15) is 30.9 Å². The van der Waals surface area contributed by atoms with Gasteiger partial charge in [0.05, 0.1) is 4.99 Å². The first-order chi connectivity index (χ1) is 9.58. The van der Waals surface area contributed by atoms with Crippen LogP contribution in [0, 0.1) is 0 Å². The Balaban J connectivity index is 2.16. The third kappa shape index (κ3) is 4.01. The SMILES string of the molecule is CN(C)C1CCCN(C(CC(N)=S)c2ccccc2)C1. The van der Waals surface area contributed by atoms with Gasteiger partial charge in [-0.25, -0.2) is 0 Å². The van der Waals surface area contributed by atoms with Crippen LogP contribution < -0.4 is 5.73 Å². The number of hydrogen-bond acceptors (Lipinski definition) is 3. The number of hydrogen-bond donors (Lipinski definition) is 1. The molecule has 2 unspecified atom stereocenters. The number of benzene rings is 1. The summed E-state index contributed by atoms with van der Waals surface area (Å²) < 4.78 is 0. The summed E-state index contributed by atoms with van der Waals surface area (Å²) in [7, 11) is 4.33. The molecular weight excluding hydrogens is 266 g/mol. The lowest BCUT2D eigenvalue weighted by Gasteiger charge is -2.40. The Bertz CT molecular complexity index is 433. The van der Waals surface area contributed by atoms with Crippen molar-refractivity contribution >= 4 is 17.2 Å². The molecule has 1 aliphatic rings. The minimum absolute atomic E-state index is 0.316. The van der Waals surface area contributed by atoms with Gasteiger partial charge in [-0.15, -0.1) is 0 Å². The minimum Gasteiger partial charge on any atom is -0.393 e. The maximum Gasteiger partial charge on any atom is 0.0746 e. The zero-order valence-electron chi connectivity index (χ0n) is 12.5. The Morgan fingerprint density at radius 3 is 2.70 bits per heavy atom. The standard InChI is InChI=1S/C16H25N3S/c1-18(2)14-9-6-10-19(12-14)15(11-16(17)20)13-7-4-3-5-8-13/h3-5,7-8,14-15H,6,9-12H2,1-2H3,(H2,17,20). The zero-order chi connectivity index (χ0) is 14.5. The number of nitrogens with zero attached hydrogens (tertiary/aromatic N) is 2. The summed E-state index contributed by atoms with van der Waals surface area (Å²) in [4.78, 5) is 5.48. The molecule has 1 aliphatic heterocycles. The van der Waals surface area contributed by atoms with Gasteiger partial charge in [-0.3, -0.25) is 4.90 Å².